The average molecular weight is 413 g/mol. The van der Waals surface area contributed by atoms with E-state index in [0.29, 0.717) is 5.69 Å². The van der Waals surface area contributed by atoms with Gasteiger partial charge in [-0.25, -0.2) is 0 Å². The second-order valence-electron chi connectivity index (χ2n) is 8.74. The van der Waals surface area contributed by atoms with Gasteiger partial charge >= 0.3 is 0 Å². The van der Waals surface area contributed by atoms with Crippen LogP contribution in [0.25, 0.3) is 0 Å². The quantitative estimate of drug-likeness (QED) is 0.756. The van der Waals surface area contributed by atoms with Crippen LogP contribution in [0, 0.1) is 12.3 Å². The Morgan fingerprint density at radius 1 is 1.17 bits per heavy atom. The number of carbonyl (C=O) groups is 1. The molecule has 1 spiro atoms. The molecule has 1 unspecified atom stereocenters. The molecule has 2 aliphatic rings. The maximum absolute atomic E-state index is 13.0. The fraction of sp³-hybridized carbons (Fsp3) is 0.565. The summed E-state index contributed by atoms with van der Waals surface area (Å²) in [6, 6.07) is 7.94. The molecule has 1 aromatic heterocycles. The van der Waals surface area contributed by atoms with E-state index in [1.807, 2.05) is 37.1 Å². The van der Waals surface area contributed by atoms with Crippen LogP contribution in [-0.2, 0) is 13.6 Å². The maximum atomic E-state index is 13.0. The number of para-hydroxylation sites is 1. The third-order valence-corrected chi connectivity index (χ3v) is 6.68. The van der Waals surface area contributed by atoms with Crippen LogP contribution in [0.15, 0.2) is 24.3 Å². The van der Waals surface area contributed by atoms with Gasteiger partial charge in [0.25, 0.3) is 5.91 Å². The number of methoxy groups -OCH3 is 2. The van der Waals surface area contributed by atoms with Crippen molar-refractivity contribution in [3.05, 3.63) is 41.2 Å². The lowest BCUT2D eigenvalue weighted by molar-refractivity contribution is 0.0668. The Morgan fingerprint density at radius 3 is 2.70 bits per heavy atom. The zero-order valence-electron chi connectivity index (χ0n) is 18.5. The van der Waals surface area contributed by atoms with Crippen LogP contribution < -0.4 is 9.47 Å². The molecule has 1 atom stereocenters. The molecular formula is C23H32N4O3. The minimum atomic E-state index is 0.0576. The summed E-state index contributed by atoms with van der Waals surface area (Å²) in [4.78, 5) is 17.5. The minimum absolute atomic E-state index is 0.0576. The number of aromatic nitrogens is 2. The zero-order chi connectivity index (χ0) is 21.3. The zero-order valence-corrected chi connectivity index (χ0v) is 18.5. The van der Waals surface area contributed by atoms with Gasteiger partial charge in [0, 0.05) is 49.9 Å². The van der Waals surface area contributed by atoms with Gasteiger partial charge in [0.05, 0.1) is 14.2 Å². The highest BCUT2D eigenvalue weighted by molar-refractivity contribution is 5.92. The molecule has 4 rings (SSSR count). The third-order valence-electron chi connectivity index (χ3n) is 6.68. The third kappa shape index (κ3) is 3.90. The van der Waals surface area contributed by atoms with E-state index in [1.165, 1.54) is 6.42 Å². The fourth-order valence-electron chi connectivity index (χ4n) is 5.03. The van der Waals surface area contributed by atoms with Crippen LogP contribution in [0.1, 0.15) is 41.0 Å². The molecule has 162 valence electrons. The van der Waals surface area contributed by atoms with E-state index in [2.05, 4.69) is 16.1 Å². The van der Waals surface area contributed by atoms with E-state index >= 15 is 0 Å². The Balaban J connectivity index is 1.45. The number of rotatable bonds is 5. The van der Waals surface area contributed by atoms with Crippen LogP contribution in [0.2, 0.25) is 0 Å². The molecule has 0 aliphatic carbocycles. The van der Waals surface area contributed by atoms with Crippen molar-refractivity contribution in [2.75, 3.05) is 40.4 Å². The Morgan fingerprint density at radius 2 is 2.00 bits per heavy atom. The standard InChI is InChI=1S/C23H32N4O3/c1-17-13-19(24-25(17)2)22(28)27-12-10-23(16-27)9-6-11-26(15-23)14-18-7-5-8-20(29-3)21(18)30-4/h5,7-8,13H,6,9-12,14-16H2,1-4H3. The Hall–Kier alpha value is -2.54. The molecule has 0 bridgehead atoms. The highest BCUT2D eigenvalue weighted by atomic mass is 16.5. The molecule has 1 amide bonds. The van der Waals surface area contributed by atoms with Crippen molar-refractivity contribution in [3.63, 3.8) is 0 Å². The van der Waals surface area contributed by atoms with Crippen molar-refractivity contribution in [2.45, 2.75) is 32.7 Å². The number of nitrogens with zero attached hydrogens (tertiary/aromatic N) is 4. The van der Waals surface area contributed by atoms with Crippen molar-refractivity contribution < 1.29 is 14.3 Å². The molecule has 7 heteroatoms. The average Bonchev–Trinajstić information content (AvgIpc) is 3.30. The van der Waals surface area contributed by atoms with E-state index < -0.39 is 0 Å². The molecular weight excluding hydrogens is 380 g/mol. The van der Waals surface area contributed by atoms with Gasteiger partial charge in [0.1, 0.15) is 0 Å². The SMILES string of the molecule is COc1cccc(CN2CCCC3(CCN(C(=O)c4cc(C)n(C)n4)C3)C2)c1OC. The number of carbonyl (C=O) groups excluding carboxylic acids is 1. The van der Waals surface area contributed by atoms with Gasteiger partial charge in [0.15, 0.2) is 17.2 Å². The summed E-state index contributed by atoms with van der Waals surface area (Å²) in [5, 5.41) is 4.38. The summed E-state index contributed by atoms with van der Waals surface area (Å²) in [5.74, 6) is 1.64. The minimum Gasteiger partial charge on any atom is -0.493 e. The van der Waals surface area contributed by atoms with E-state index in [9.17, 15) is 4.79 Å². The number of benzene rings is 1. The number of hydrogen-bond acceptors (Lipinski definition) is 5. The largest absolute Gasteiger partial charge is 0.493 e. The Bertz CT molecular complexity index is 906. The van der Waals surface area contributed by atoms with Crippen molar-refractivity contribution in [2.24, 2.45) is 12.5 Å². The van der Waals surface area contributed by atoms with Gasteiger partial charge in [0.2, 0.25) is 0 Å². The summed E-state index contributed by atoms with van der Waals surface area (Å²) in [6.07, 6.45) is 3.37. The topological polar surface area (TPSA) is 59.8 Å². The van der Waals surface area contributed by atoms with Gasteiger partial charge in [-0.1, -0.05) is 12.1 Å². The van der Waals surface area contributed by atoms with Gasteiger partial charge in [-0.2, -0.15) is 5.10 Å². The second kappa shape index (κ2) is 8.30. The molecule has 1 aromatic carbocycles. The van der Waals surface area contributed by atoms with E-state index in [4.69, 9.17) is 9.47 Å². The Kier molecular flexibility index (Phi) is 5.73. The highest BCUT2D eigenvalue weighted by Crippen LogP contribution is 2.40. The summed E-state index contributed by atoms with van der Waals surface area (Å²) in [5.41, 5.74) is 2.87. The summed E-state index contributed by atoms with van der Waals surface area (Å²) in [7, 11) is 5.24. The van der Waals surface area contributed by atoms with Crippen molar-refractivity contribution in [1.29, 1.82) is 0 Å². The molecule has 2 fully saturated rings. The molecule has 2 aliphatic heterocycles. The summed E-state index contributed by atoms with van der Waals surface area (Å²) < 4.78 is 12.8. The molecule has 0 radical (unpaired) electrons. The predicted molar refractivity (Wildman–Crippen MR) is 115 cm³/mol. The van der Waals surface area contributed by atoms with Crippen LogP contribution in [0.5, 0.6) is 11.5 Å². The van der Waals surface area contributed by atoms with E-state index in [1.54, 1.807) is 18.9 Å². The summed E-state index contributed by atoms with van der Waals surface area (Å²) >= 11 is 0. The second-order valence-corrected chi connectivity index (χ2v) is 8.74. The molecule has 3 heterocycles. The highest BCUT2D eigenvalue weighted by Gasteiger charge is 2.43. The van der Waals surface area contributed by atoms with Gasteiger partial charge in [-0.3, -0.25) is 14.4 Å². The monoisotopic (exact) mass is 412 g/mol. The predicted octanol–water partition coefficient (Wildman–Crippen LogP) is 2.87. The van der Waals surface area contributed by atoms with Crippen molar-refractivity contribution >= 4 is 5.91 Å². The lowest BCUT2D eigenvalue weighted by Crippen LogP contribution is -2.45. The van der Waals surface area contributed by atoms with Crippen LogP contribution in [-0.4, -0.2) is 65.9 Å². The number of likely N-dealkylation sites (tertiary alicyclic amines) is 2. The lowest BCUT2D eigenvalue weighted by atomic mass is 9.79. The Labute approximate surface area is 178 Å². The molecule has 0 saturated carbocycles. The van der Waals surface area contributed by atoms with Crippen molar-refractivity contribution in [1.82, 2.24) is 19.6 Å². The van der Waals surface area contributed by atoms with Gasteiger partial charge < -0.3 is 14.4 Å². The fourth-order valence-corrected chi connectivity index (χ4v) is 5.03. The van der Waals surface area contributed by atoms with Gasteiger partial charge in [-0.05, 0) is 44.9 Å². The number of hydrogen-bond donors (Lipinski definition) is 0. The first kappa shape index (κ1) is 20.7. The molecule has 0 N–H and O–H groups in total. The molecule has 30 heavy (non-hydrogen) atoms. The smallest absolute Gasteiger partial charge is 0.274 e. The molecule has 2 saturated heterocycles. The van der Waals surface area contributed by atoms with E-state index in [0.717, 1.165) is 68.3 Å². The number of aryl methyl sites for hydroxylation is 2. The maximum Gasteiger partial charge on any atom is 0.274 e. The molecule has 2 aromatic rings. The normalized spacial score (nSPS) is 21.9. The number of ether oxygens (including phenoxy) is 2. The van der Waals surface area contributed by atoms with Crippen LogP contribution >= 0.6 is 0 Å². The number of piperidine rings is 1. The first-order valence-corrected chi connectivity index (χ1v) is 10.7. The lowest BCUT2D eigenvalue weighted by Gasteiger charge is -2.40. The first-order chi connectivity index (χ1) is 14.4. The van der Waals surface area contributed by atoms with Crippen LogP contribution in [0.3, 0.4) is 0 Å². The van der Waals surface area contributed by atoms with Crippen LogP contribution in [0.4, 0.5) is 0 Å². The van der Waals surface area contributed by atoms with Gasteiger partial charge in [-0.15, -0.1) is 0 Å². The first-order valence-electron chi connectivity index (χ1n) is 10.7. The summed E-state index contributed by atoms with van der Waals surface area (Å²) in [6.45, 7) is 6.49. The van der Waals surface area contributed by atoms with Crippen molar-refractivity contribution in [3.8, 4) is 11.5 Å². The molecule has 7 nitrogen and oxygen atoms in total. The van der Waals surface area contributed by atoms with E-state index in [-0.39, 0.29) is 11.3 Å². The number of amides is 1.